The summed E-state index contributed by atoms with van der Waals surface area (Å²) in [7, 11) is 0. The fraction of sp³-hybridized carbons (Fsp3) is 0.692. The fourth-order valence-corrected chi connectivity index (χ4v) is 2.23. The van der Waals surface area contributed by atoms with E-state index < -0.39 is 0 Å². The van der Waals surface area contributed by atoms with Gasteiger partial charge in [0.05, 0.1) is 17.9 Å². The predicted molar refractivity (Wildman–Crippen MR) is 82.6 cm³/mol. The quantitative estimate of drug-likeness (QED) is 0.805. The standard InChI is InChI=1S/C13H23BrN4O/c1-4-5-6-10(7-15)17-11-8-16-18(9(2)3)13(19)12(11)14/h8-10,17H,4-7,15H2,1-3H3. The molecule has 1 aromatic heterocycles. The Bertz CT molecular complexity index is 458. The largest absolute Gasteiger partial charge is 0.379 e. The molecule has 1 rings (SSSR count). The number of unbranched alkanes of at least 4 members (excludes halogenated alkanes) is 1. The minimum atomic E-state index is -0.119. The second kappa shape index (κ2) is 7.65. The molecule has 0 saturated carbocycles. The maximum absolute atomic E-state index is 12.1. The van der Waals surface area contributed by atoms with Crippen molar-refractivity contribution >= 4 is 21.6 Å². The molecule has 108 valence electrons. The highest BCUT2D eigenvalue weighted by Crippen LogP contribution is 2.19. The molecule has 1 atom stereocenters. The number of hydrogen-bond donors (Lipinski definition) is 2. The van der Waals surface area contributed by atoms with Crippen LogP contribution in [0, 0.1) is 0 Å². The Morgan fingerprint density at radius 3 is 2.74 bits per heavy atom. The van der Waals surface area contributed by atoms with Crippen LogP contribution in [0.1, 0.15) is 46.1 Å². The lowest BCUT2D eigenvalue weighted by Crippen LogP contribution is -2.31. The van der Waals surface area contributed by atoms with Gasteiger partial charge in [0.2, 0.25) is 0 Å². The maximum atomic E-state index is 12.1. The summed E-state index contributed by atoms with van der Waals surface area (Å²) in [5, 5.41) is 7.47. The average Bonchev–Trinajstić information content (AvgIpc) is 2.39. The van der Waals surface area contributed by atoms with Crippen molar-refractivity contribution in [3.05, 3.63) is 21.0 Å². The Kier molecular flexibility index (Phi) is 6.51. The number of hydrogen-bond acceptors (Lipinski definition) is 4. The SMILES string of the molecule is CCCCC(CN)Nc1cnn(C(C)C)c(=O)c1Br. The summed E-state index contributed by atoms with van der Waals surface area (Å²) in [6.45, 7) is 6.55. The summed E-state index contributed by atoms with van der Waals surface area (Å²) in [6, 6.07) is 0.218. The van der Waals surface area contributed by atoms with Gasteiger partial charge < -0.3 is 11.1 Å². The van der Waals surface area contributed by atoms with Crippen LogP contribution in [0.3, 0.4) is 0 Å². The van der Waals surface area contributed by atoms with Crippen LogP contribution in [-0.2, 0) is 0 Å². The van der Waals surface area contributed by atoms with E-state index in [1.54, 1.807) is 6.20 Å². The molecule has 0 aliphatic rings. The molecule has 0 amide bonds. The van der Waals surface area contributed by atoms with Gasteiger partial charge in [-0.3, -0.25) is 4.79 Å². The Balaban J connectivity index is 2.90. The molecule has 0 aliphatic heterocycles. The summed E-state index contributed by atoms with van der Waals surface area (Å²) >= 11 is 3.35. The van der Waals surface area contributed by atoms with Gasteiger partial charge >= 0.3 is 0 Å². The lowest BCUT2D eigenvalue weighted by Gasteiger charge is -2.19. The van der Waals surface area contributed by atoms with E-state index in [4.69, 9.17) is 5.73 Å². The highest BCUT2D eigenvalue weighted by molar-refractivity contribution is 9.10. The van der Waals surface area contributed by atoms with Crippen LogP contribution in [0.2, 0.25) is 0 Å². The number of anilines is 1. The van der Waals surface area contributed by atoms with E-state index in [-0.39, 0.29) is 17.6 Å². The molecule has 1 unspecified atom stereocenters. The maximum Gasteiger partial charge on any atom is 0.283 e. The van der Waals surface area contributed by atoms with Crippen molar-refractivity contribution in [3.8, 4) is 0 Å². The molecule has 0 saturated heterocycles. The van der Waals surface area contributed by atoms with Crippen LogP contribution in [0.5, 0.6) is 0 Å². The fourth-order valence-electron chi connectivity index (χ4n) is 1.83. The molecule has 5 nitrogen and oxygen atoms in total. The van der Waals surface area contributed by atoms with Gasteiger partial charge in [-0.2, -0.15) is 5.10 Å². The molecule has 1 heterocycles. The van der Waals surface area contributed by atoms with Gasteiger partial charge in [0.25, 0.3) is 5.56 Å². The van der Waals surface area contributed by atoms with Gasteiger partial charge in [0.1, 0.15) is 4.47 Å². The van der Waals surface area contributed by atoms with Gasteiger partial charge in [-0.05, 0) is 36.2 Å². The molecule has 6 heteroatoms. The third kappa shape index (κ3) is 4.31. The minimum Gasteiger partial charge on any atom is -0.379 e. The van der Waals surface area contributed by atoms with Crippen LogP contribution in [-0.4, -0.2) is 22.4 Å². The normalized spacial score (nSPS) is 12.7. The van der Waals surface area contributed by atoms with E-state index in [2.05, 4.69) is 33.3 Å². The molecule has 3 N–H and O–H groups in total. The molecular formula is C13H23BrN4O. The van der Waals surface area contributed by atoms with Crippen molar-refractivity contribution < 1.29 is 0 Å². The smallest absolute Gasteiger partial charge is 0.283 e. The van der Waals surface area contributed by atoms with Crippen molar-refractivity contribution in [2.75, 3.05) is 11.9 Å². The molecule has 0 fully saturated rings. The highest BCUT2D eigenvalue weighted by Gasteiger charge is 2.13. The van der Waals surface area contributed by atoms with Crippen molar-refractivity contribution in [2.24, 2.45) is 5.73 Å². The molecule has 1 aromatic rings. The molecule has 0 bridgehead atoms. The number of nitrogens with zero attached hydrogens (tertiary/aromatic N) is 2. The summed E-state index contributed by atoms with van der Waals surface area (Å²) in [6.07, 6.45) is 4.92. The first-order valence-corrected chi connectivity index (χ1v) is 7.54. The zero-order chi connectivity index (χ0) is 14.4. The van der Waals surface area contributed by atoms with Gasteiger partial charge in [-0.1, -0.05) is 19.8 Å². The third-order valence-electron chi connectivity index (χ3n) is 2.98. The van der Waals surface area contributed by atoms with E-state index in [1.807, 2.05) is 13.8 Å². The molecular weight excluding hydrogens is 308 g/mol. The third-order valence-corrected chi connectivity index (χ3v) is 3.75. The number of nitrogens with one attached hydrogen (secondary N) is 1. The Labute approximate surface area is 122 Å². The summed E-state index contributed by atoms with van der Waals surface area (Å²) < 4.78 is 1.98. The summed E-state index contributed by atoms with van der Waals surface area (Å²) in [5.41, 5.74) is 6.34. The van der Waals surface area contributed by atoms with Crippen molar-refractivity contribution in [3.63, 3.8) is 0 Å². The first kappa shape index (κ1) is 16.2. The lowest BCUT2D eigenvalue weighted by atomic mass is 10.1. The van der Waals surface area contributed by atoms with E-state index in [1.165, 1.54) is 4.68 Å². The van der Waals surface area contributed by atoms with E-state index in [0.717, 1.165) is 19.3 Å². The van der Waals surface area contributed by atoms with E-state index >= 15 is 0 Å². The zero-order valence-electron chi connectivity index (χ0n) is 11.8. The van der Waals surface area contributed by atoms with Gasteiger partial charge in [-0.25, -0.2) is 4.68 Å². The molecule has 0 aliphatic carbocycles. The van der Waals surface area contributed by atoms with Crippen LogP contribution in [0.25, 0.3) is 0 Å². The lowest BCUT2D eigenvalue weighted by molar-refractivity contribution is 0.500. The Morgan fingerprint density at radius 1 is 1.53 bits per heavy atom. The molecule has 0 radical (unpaired) electrons. The molecule has 0 spiro atoms. The number of aromatic nitrogens is 2. The van der Waals surface area contributed by atoms with E-state index in [0.29, 0.717) is 16.7 Å². The first-order chi connectivity index (χ1) is 9.01. The highest BCUT2D eigenvalue weighted by atomic mass is 79.9. The van der Waals surface area contributed by atoms with Crippen LogP contribution in [0.15, 0.2) is 15.5 Å². The van der Waals surface area contributed by atoms with Crippen molar-refractivity contribution in [1.29, 1.82) is 0 Å². The van der Waals surface area contributed by atoms with Gasteiger partial charge in [0, 0.05) is 12.6 Å². The molecule has 19 heavy (non-hydrogen) atoms. The van der Waals surface area contributed by atoms with Gasteiger partial charge in [0.15, 0.2) is 0 Å². The average molecular weight is 331 g/mol. The number of rotatable bonds is 7. The van der Waals surface area contributed by atoms with Gasteiger partial charge in [-0.15, -0.1) is 0 Å². The van der Waals surface area contributed by atoms with Crippen LogP contribution in [0.4, 0.5) is 5.69 Å². The Morgan fingerprint density at radius 2 is 2.21 bits per heavy atom. The zero-order valence-corrected chi connectivity index (χ0v) is 13.4. The first-order valence-electron chi connectivity index (χ1n) is 6.75. The minimum absolute atomic E-state index is 0.0447. The second-order valence-electron chi connectivity index (χ2n) is 4.93. The summed E-state index contributed by atoms with van der Waals surface area (Å²) in [5.74, 6) is 0. The topological polar surface area (TPSA) is 72.9 Å². The summed E-state index contributed by atoms with van der Waals surface area (Å²) in [4.78, 5) is 12.1. The van der Waals surface area contributed by atoms with E-state index in [9.17, 15) is 4.79 Å². The second-order valence-corrected chi connectivity index (χ2v) is 5.73. The van der Waals surface area contributed by atoms with Crippen LogP contribution >= 0.6 is 15.9 Å². The predicted octanol–water partition coefficient (Wildman–Crippen LogP) is 2.52. The van der Waals surface area contributed by atoms with Crippen LogP contribution < -0.4 is 16.6 Å². The van der Waals surface area contributed by atoms with Crippen molar-refractivity contribution in [1.82, 2.24) is 9.78 Å². The number of halogens is 1. The number of nitrogens with two attached hydrogens (primary N) is 1. The Hall–Kier alpha value is -0.880. The monoisotopic (exact) mass is 330 g/mol. The van der Waals surface area contributed by atoms with Crippen molar-refractivity contribution in [2.45, 2.75) is 52.1 Å². The molecule has 0 aromatic carbocycles.